The van der Waals surface area contributed by atoms with Gasteiger partial charge in [0.1, 0.15) is 17.0 Å². The SMILES string of the molecule is CCn1nc(C)cc1C(=O)Nc1nc2cc(C(N)=O)cc(OC)c2n1CCCNC(=O)OCC(=O)NCc1ccccc1. The number of amides is 4. The number of nitrogens with zero attached hydrogens (tertiary/aromatic N) is 4. The number of alkyl carbamates (subject to hydrolysis) is 1. The summed E-state index contributed by atoms with van der Waals surface area (Å²) in [4.78, 5) is 53.8. The number of hydrogen-bond donors (Lipinski definition) is 4. The van der Waals surface area contributed by atoms with E-state index in [-0.39, 0.29) is 18.1 Å². The molecular weight excluding hydrogens is 556 g/mol. The van der Waals surface area contributed by atoms with Gasteiger partial charge in [-0.3, -0.25) is 24.4 Å². The fraction of sp³-hybridized carbons (Fsp3) is 0.310. The van der Waals surface area contributed by atoms with Crippen LogP contribution in [0.5, 0.6) is 5.75 Å². The Bertz CT molecular complexity index is 1630. The van der Waals surface area contributed by atoms with E-state index in [1.165, 1.54) is 19.2 Å². The van der Waals surface area contributed by atoms with E-state index in [0.29, 0.717) is 54.2 Å². The van der Waals surface area contributed by atoms with Gasteiger partial charge >= 0.3 is 6.09 Å². The van der Waals surface area contributed by atoms with E-state index >= 15 is 0 Å². The standard InChI is InChI=1S/C29H34N8O6/c1-4-37-22(13-18(2)35-37)27(40)34-28-33-21-14-20(26(30)39)15-23(42-3)25(21)36(28)12-8-11-31-29(41)43-17-24(38)32-16-19-9-6-5-7-10-19/h5-7,9-10,13-15H,4,8,11-12,16-17H2,1-3H3,(H2,30,39)(H,31,41)(H,32,38)(H,33,34,40). The van der Waals surface area contributed by atoms with Crippen molar-refractivity contribution in [3.8, 4) is 5.75 Å². The monoisotopic (exact) mass is 590 g/mol. The lowest BCUT2D eigenvalue weighted by Gasteiger charge is -2.13. The molecule has 5 N–H and O–H groups in total. The van der Waals surface area contributed by atoms with Gasteiger partial charge in [-0.2, -0.15) is 5.10 Å². The number of rotatable bonds is 13. The largest absolute Gasteiger partial charge is 0.494 e. The molecule has 0 spiro atoms. The van der Waals surface area contributed by atoms with Crippen molar-refractivity contribution < 1.29 is 28.7 Å². The molecule has 4 aromatic rings. The van der Waals surface area contributed by atoms with Crippen molar-refractivity contribution in [2.45, 2.75) is 39.9 Å². The van der Waals surface area contributed by atoms with Crippen molar-refractivity contribution in [1.29, 1.82) is 0 Å². The van der Waals surface area contributed by atoms with Crippen LogP contribution >= 0.6 is 0 Å². The van der Waals surface area contributed by atoms with Gasteiger partial charge in [-0.15, -0.1) is 0 Å². The summed E-state index contributed by atoms with van der Waals surface area (Å²) >= 11 is 0. The molecule has 2 heterocycles. The Labute approximate surface area is 247 Å². The molecule has 0 unspecified atom stereocenters. The molecule has 4 amide bonds. The van der Waals surface area contributed by atoms with Crippen LogP contribution in [0.3, 0.4) is 0 Å². The average molecular weight is 591 g/mol. The number of carbonyl (C=O) groups is 4. The van der Waals surface area contributed by atoms with Crippen molar-refractivity contribution in [1.82, 2.24) is 30.0 Å². The van der Waals surface area contributed by atoms with Gasteiger partial charge in [-0.05, 0) is 44.0 Å². The highest BCUT2D eigenvalue weighted by Crippen LogP contribution is 2.31. The first-order valence-electron chi connectivity index (χ1n) is 13.6. The number of methoxy groups -OCH3 is 1. The van der Waals surface area contributed by atoms with Gasteiger partial charge in [0.15, 0.2) is 6.61 Å². The van der Waals surface area contributed by atoms with Crippen molar-refractivity contribution in [3.05, 3.63) is 71.0 Å². The summed E-state index contributed by atoms with van der Waals surface area (Å²) in [7, 11) is 1.45. The number of anilines is 1. The molecule has 0 bridgehead atoms. The van der Waals surface area contributed by atoms with Gasteiger partial charge < -0.3 is 30.4 Å². The van der Waals surface area contributed by atoms with E-state index in [2.05, 4.69) is 26.0 Å². The second-order valence-electron chi connectivity index (χ2n) is 9.56. The molecule has 4 rings (SSSR count). The lowest BCUT2D eigenvalue weighted by Crippen LogP contribution is -2.32. The topological polar surface area (TPSA) is 184 Å². The van der Waals surface area contributed by atoms with E-state index in [9.17, 15) is 19.2 Å². The molecule has 0 aliphatic heterocycles. The molecule has 0 radical (unpaired) electrons. The van der Waals surface area contributed by atoms with Crippen LogP contribution in [0, 0.1) is 6.92 Å². The summed E-state index contributed by atoms with van der Waals surface area (Å²) in [5.41, 5.74) is 8.59. The van der Waals surface area contributed by atoms with Gasteiger partial charge in [0.2, 0.25) is 11.9 Å². The van der Waals surface area contributed by atoms with Gasteiger partial charge in [0.05, 0.1) is 18.3 Å². The first-order valence-corrected chi connectivity index (χ1v) is 13.6. The van der Waals surface area contributed by atoms with Crippen molar-refractivity contribution in [2.24, 2.45) is 5.73 Å². The normalized spacial score (nSPS) is 10.8. The Kier molecular flexibility index (Phi) is 9.93. The average Bonchev–Trinajstić information content (AvgIpc) is 3.56. The first-order chi connectivity index (χ1) is 20.7. The van der Waals surface area contributed by atoms with Crippen LogP contribution in [0.1, 0.15) is 45.4 Å². The van der Waals surface area contributed by atoms with Crippen LogP contribution in [-0.4, -0.2) is 63.4 Å². The smallest absolute Gasteiger partial charge is 0.407 e. The van der Waals surface area contributed by atoms with Crippen molar-refractivity contribution in [3.63, 3.8) is 0 Å². The van der Waals surface area contributed by atoms with Crippen molar-refractivity contribution >= 4 is 40.8 Å². The number of carbonyl (C=O) groups excluding carboxylic acids is 4. The Morgan fingerprint density at radius 3 is 2.51 bits per heavy atom. The van der Waals surface area contributed by atoms with Gasteiger partial charge in [-0.1, -0.05) is 30.3 Å². The molecule has 0 saturated carbocycles. The molecule has 0 aliphatic rings. The van der Waals surface area contributed by atoms with Crippen LogP contribution in [0.15, 0.2) is 48.5 Å². The third-order valence-corrected chi connectivity index (χ3v) is 6.47. The summed E-state index contributed by atoms with van der Waals surface area (Å²) in [6, 6.07) is 14.1. The maximum Gasteiger partial charge on any atom is 0.407 e. The number of nitrogens with one attached hydrogen (secondary N) is 3. The Morgan fingerprint density at radius 1 is 1.05 bits per heavy atom. The zero-order valence-electron chi connectivity index (χ0n) is 24.2. The van der Waals surface area contributed by atoms with Gasteiger partial charge in [-0.25, -0.2) is 9.78 Å². The maximum absolute atomic E-state index is 13.2. The van der Waals surface area contributed by atoms with Crippen LogP contribution in [0.2, 0.25) is 0 Å². The van der Waals surface area contributed by atoms with Gasteiger partial charge in [0, 0.05) is 31.7 Å². The molecule has 43 heavy (non-hydrogen) atoms. The van der Waals surface area contributed by atoms with E-state index in [1.54, 1.807) is 22.2 Å². The Hall–Kier alpha value is -5.40. The van der Waals surface area contributed by atoms with E-state index < -0.39 is 30.4 Å². The van der Waals surface area contributed by atoms with Crippen LogP contribution < -0.4 is 26.4 Å². The number of hydrogen-bond acceptors (Lipinski definition) is 8. The molecule has 0 fully saturated rings. The van der Waals surface area contributed by atoms with E-state index in [1.807, 2.05) is 37.3 Å². The fourth-order valence-corrected chi connectivity index (χ4v) is 4.43. The zero-order valence-corrected chi connectivity index (χ0v) is 24.2. The molecule has 0 atom stereocenters. The third kappa shape index (κ3) is 7.67. The first kappa shape index (κ1) is 30.6. The highest BCUT2D eigenvalue weighted by atomic mass is 16.6. The number of ether oxygens (including phenoxy) is 2. The Morgan fingerprint density at radius 2 is 1.81 bits per heavy atom. The third-order valence-electron chi connectivity index (χ3n) is 6.47. The van der Waals surface area contributed by atoms with E-state index in [0.717, 1.165) is 5.56 Å². The molecule has 0 aliphatic carbocycles. The minimum absolute atomic E-state index is 0.195. The van der Waals surface area contributed by atoms with E-state index in [4.69, 9.17) is 15.2 Å². The summed E-state index contributed by atoms with van der Waals surface area (Å²) < 4.78 is 13.8. The minimum atomic E-state index is -0.745. The highest BCUT2D eigenvalue weighted by Gasteiger charge is 2.21. The number of benzene rings is 2. The summed E-state index contributed by atoms with van der Waals surface area (Å²) in [5, 5.41) is 12.5. The molecular formula is C29H34N8O6. The summed E-state index contributed by atoms with van der Waals surface area (Å²) in [6.45, 7) is 4.57. The van der Waals surface area contributed by atoms with Gasteiger partial charge in [0.25, 0.3) is 11.8 Å². The summed E-state index contributed by atoms with van der Waals surface area (Å²) in [6.07, 6.45) is -0.346. The number of imidazole rings is 1. The number of aromatic nitrogens is 4. The second-order valence-corrected chi connectivity index (χ2v) is 9.56. The van der Waals surface area contributed by atoms with Crippen LogP contribution in [-0.2, 0) is 29.2 Å². The fourth-order valence-electron chi connectivity index (χ4n) is 4.43. The molecule has 0 saturated heterocycles. The lowest BCUT2D eigenvalue weighted by molar-refractivity contribution is -0.124. The Balaban J connectivity index is 1.42. The highest BCUT2D eigenvalue weighted by molar-refractivity contribution is 6.04. The number of aryl methyl sites for hydroxylation is 3. The minimum Gasteiger partial charge on any atom is -0.494 e. The number of nitrogens with two attached hydrogens (primary N) is 1. The molecule has 14 heteroatoms. The zero-order chi connectivity index (χ0) is 30.9. The summed E-state index contributed by atoms with van der Waals surface area (Å²) in [5.74, 6) is -0.951. The lowest BCUT2D eigenvalue weighted by atomic mass is 10.1. The quantitative estimate of drug-likeness (QED) is 0.171. The molecule has 14 nitrogen and oxygen atoms in total. The van der Waals surface area contributed by atoms with Crippen LogP contribution in [0.25, 0.3) is 11.0 Å². The van der Waals surface area contributed by atoms with Crippen LogP contribution in [0.4, 0.5) is 10.7 Å². The molecule has 226 valence electrons. The molecule has 2 aromatic carbocycles. The maximum atomic E-state index is 13.2. The predicted octanol–water partition coefficient (Wildman–Crippen LogP) is 2.35. The predicted molar refractivity (Wildman–Crippen MR) is 158 cm³/mol. The number of fused-ring (bicyclic) bond motifs is 1. The van der Waals surface area contributed by atoms with Crippen molar-refractivity contribution in [2.75, 3.05) is 25.6 Å². The number of primary amides is 1. The molecule has 2 aromatic heterocycles. The second kappa shape index (κ2) is 14.0.